The van der Waals surface area contributed by atoms with Gasteiger partial charge in [-0.25, -0.2) is 0 Å². The summed E-state index contributed by atoms with van der Waals surface area (Å²) in [6.45, 7) is 5.08. The van der Waals surface area contributed by atoms with Gasteiger partial charge in [-0.15, -0.1) is 0 Å². The maximum absolute atomic E-state index is 12.8. The monoisotopic (exact) mass is 445 g/mol. The maximum Gasteiger partial charge on any atom is 0.241 e. The number of rotatable bonds is 7. The number of hydrogen-bond donors (Lipinski definition) is 1. The zero-order valence-electron chi connectivity index (χ0n) is 18.9. The lowest BCUT2D eigenvalue weighted by Gasteiger charge is -2.30. The molecule has 2 aliphatic rings. The van der Waals surface area contributed by atoms with Gasteiger partial charge in [0, 0.05) is 37.4 Å². The molecule has 172 valence electrons. The summed E-state index contributed by atoms with van der Waals surface area (Å²) < 4.78 is 5.46. The van der Waals surface area contributed by atoms with Crippen LogP contribution in [0.15, 0.2) is 59.1 Å². The third kappa shape index (κ3) is 5.42. The third-order valence-electron chi connectivity index (χ3n) is 6.61. The molecule has 2 aliphatic heterocycles. The number of aromatic nitrogens is 2. The summed E-state index contributed by atoms with van der Waals surface area (Å²) in [4.78, 5) is 22.0. The smallest absolute Gasteiger partial charge is 0.241 e. The molecule has 0 saturated carbocycles. The molecule has 3 aromatic rings. The Morgan fingerprint density at radius 3 is 2.58 bits per heavy atom. The van der Waals surface area contributed by atoms with E-state index in [0.717, 1.165) is 43.6 Å². The van der Waals surface area contributed by atoms with Crippen molar-refractivity contribution in [1.29, 1.82) is 0 Å². The lowest BCUT2D eigenvalue weighted by Crippen LogP contribution is -2.42. The molecule has 1 atom stereocenters. The van der Waals surface area contributed by atoms with Crippen LogP contribution < -0.4 is 10.2 Å². The van der Waals surface area contributed by atoms with Crippen molar-refractivity contribution in [1.82, 2.24) is 20.4 Å². The number of likely N-dealkylation sites (tertiary alicyclic amines) is 1. The summed E-state index contributed by atoms with van der Waals surface area (Å²) in [6, 6.07) is 18.4. The summed E-state index contributed by atoms with van der Waals surface area (Å²) in [6.07, 6.45) is 4.45. The number of nitrogens with one attached hydrogen (secondary N) is 1. The molecule has 33 heavy (non-hydrogen) atoms. The number of carbonyl (C=O) groups is 1. The molecule has 5 rings (SSSR count). The summed E-state index contributed by atoms with van der Waals surface area (Å²) in [5, 5.41) is 7.24. The molecule has 1 unspecified atom stereocenters. The molecule has 7 heteroatoms. The molecule has 3 heterocycles. The number of piperidine rings is 1. The first-order valence-electron chi connectivity index (χ1n) is 12.0. The summed E-state index contributed by atoms with van der Waals surface area (Å²) >= 11 is 0. The number of anilines is 1. The zero-order valence-corrected chi connectivity index (χ0v) is 18.9. The molecule has 2 aromatic carbocycles. The minimum atomic E-state index is -0.0147. The second-order valence-corrected chi connectivity index (χ2v) is 9.03. The SMILES string of the molecule is O=C(NCc1ccc(N2CCCC2)cc1)C1CCCN(Cc2nc(-c3ccccc3)no2)C1. The first-order chi connectivity index (χ1) is 16.2. The van der Waals surface area contributed by atoms with E-state index >= 15 is 0 Å². The third-order valence-corrected chi connectivity index (χ3v) is 6.61. The van der Waals surface area contributed by atoms with Gasteiger partial charge in [-0.2, -0.15) is 4.98 Å². The Kier molecular flexibility index (Phi) is 6.67. The predicted molar refractivity (Wildman–Crippen MR) is 127 cm³/mol. The lowest BCUT2D eigenvalue weighted by atomic mass is 9.97. The Morgan fingerprint density at radius 1 is 1.00 bits per heavy atom. The lowest BCUT2D eigenvalue weighted by molar-refractivity contribution is -0.127. The van der Waals surface area contributed by atoms with E-state index in [0.29, 0.717) is 31.3 Å². The Bertz CT molecular complexity index is 1040. The Labute approximate surface area is 194 Å². The van der Waals surface area contributed by atoms with E-state index in [1.165, 1.54) is 18.5 Å². The minimum Gasteiger partial charge on any atom is -0.372 e. The zero-order chi connectivity index (χ0) is 22.5. The molecule has 7 nitrogen and oxygen atoms in total. The van der Waals surface area contributed by atoms with Gasteiger partial charge >= 0.3 is 0 Å². The number of carbonyl (C=O) groups excluding carboxylic acids is 1. The Hall–Kier alpha value is -3.19. The van der Waals surface area contributed by atoms with Gasteiger partial charge in [-0.05, 0) is 49.9 Å². The fraction of sp³-hybridized carbons (Fsp3) is 0.423. The van der Waals surface area contributed by atoms with E-state index in [4.69, 9.17) is 4.52 Å². The highest BCUT2D eigenvalue weighted by atomic mass is 16.5. The predicted octanol–water partition coefficient (Wildman–Crippen LogP) is 3.87. The average Bonchev–Trinajstić information content (AvgIpc) is 3.56. The molecule has 2 saturated heterocycles. The normalized spacial score (nSPS) is 19.0. The molecule has 0 spiro atoms. The van der Waals surface area contributed by atoms with Crippen molar-refractivity contribution < 1.29 is 9.32 Å². The van der Waals surface area contributed by atoms with Crippen molar-refractivity contribution in [2.45, 2.75) is 38.8 Å². The van der Waals surface area contributed by atoms with Crippen molar-refractivity contribution in [3.63, 3.8) is 0 Å². The molecule has 0 radical (unpaired) electrons. The quantitative estimate of drug-likeness (QED) is 0.595. The molecule has 1 N–H and O–H groups in total. The molecule has 1 aromatic heterocycles. The topological polar surface area (TPSA) is 74.5 Å². The number of hydrogen-bond acceptors (Lipinski definition) is 6. The Morgan fingerprint density at radius 2 is 1.79 bits per heavy atom. The van der Waals surface area contributed by atoms with Gasteiger partial charge in [0.1, 0.15) is 0 Å². The van der Waals surface area contributed by atoms with Crippen LogP contribution in [0.4, 0.5) is 5.69 Å². The van der Waals surface area contributed by atoms with Gasteiger partial charge in [0.2, 0.25) is 17.6 Å². The Balaban J connectivity index is 1.11. The summed E-state index contributed by atoms with van der Waals surface area (Å²) in [7, 11) is 0. The maximum atomic E-state index is 12.8. The number of amides is 1. The van der Waals surface area contributed by atoms with Crippen molar-refractivity contribution in [2.24, 2.45) is 5.92 Å². The molecular weight excluding hydrogens is 414 g/mol. The van der Waals surface area contributed by atoms with Gasteiger partial charge < -0.3 is 14.7 Å². The highest BCUT2D eigenvalue weighted by Crippen LogP contribution is 2.22. The second kappa shape index (κ2) is 10.2. The van der Waals surface area contributed by atoms with Gasteiger partial charge in [-0.3, -0.25) is 9.69 Å². The molecule has 0 aliphatic carbocycles. The number of benzene rings is 2. The van der Waals surface area contributed by atoms with E-state index in [9.17, 15) is 4.79 Å². The average molecular weight is 446 g/mol. The van der Waals surface area contributed by atoms with Crippen LogP contribution in [-0.2, 0) is 17.9 Å². The highest BCUT2D eigenvalue weighted by molar-refractivity contribution is 5.79. The standard InChI is InChI=1S/C26H31N5O2/c32-26(27-17-20-10-12-23(13-11-20)31-15-4-5-16-31)22-9-6-14-30(18-22)19-24-28-25(29-33-24)21-7-2-1-3-8-21/h1-3,7-8,10-13,22H,4-6,9,14-19H2,(H,27,32). The van der Waals surface area contributed by atoms with Crippen molar-refractivity contribution >= 4 is 11.6 Å². The first kappa shape index (κ1) is 21.6. The van der Waals surface area contributed by atoms with Gasteiger partial charge in [0.15, 0.2) is 0 Å². The van der Waals surface area contributed by atoms with Crippen LogP contribution in [-0.4, -0.2) is 47.1 Å². The van der Waals surface area contributed by atoms with Gasteiger partial charge in [0.05, 0.1) is 12.5 Å². The first-order valence-corrected chi connectivity index (χ1v) is 12.0. The second-order valence-electron chi connectivity index (χ2n) is 9.03. The molecule has 2 fully saturated rings. The summed E-state index contributed by atoms with van der Waals surface area (Å²) in [5.74, 6) is 1.30. The van der Waals surface area contributed by atoms with E-state index < -0.39 is 0 Å². The van der Waals surface area contributed by atoms with Gasteiger partial charge in [-0.1, -0.05) is 47.6 Å². The van der Waals surface area contributed by atoms with Crippen LogP contribution in [0.2, 0.25) is 0 Å². The van der Waals surface area contributed by atoms with Crippen molar-refractivity contribution in [3.05, 3.63) is 66.1 Å². The van der Waals surface area contributed by atoms with Crippen LogP contribution in [0.5, 0.6) is 0 Å². The number of nitrogens with zero attached hydrogens (tertiary/aromatic N) is 4. The fourth-order valence-electron chi connectivity index (χ4n) is 4.76. The van der Waals surface area contributed by atoms with Crippen LogP contribution in [0.3, 0.4) is 0 Å². The van der Waals surface area contributed by atoms with E-state index in [2.05, 4.69) is 49.5 Å². The molecular formula is C26H31N5O2. The van der Waals surface area contributed by atoms with Crippen molar-refractivity contribution in [3.8, 4) is 11.4 Å². The molecule has 1 amide bonds. The van der Waals surface area contributed by atoms with Crippen LogP contribution in [0, 0.1) is 5.92 Å². The molecule has 0 bridgehead atoms. The fourth-order valence-corrected chi connectivity index (χ4v) is 4.76. The summed E-state index contributed by atoms with van der Waals surface area (Å²) in [5.41, 5.74) is 3.36. The minimum absolute atomic E-state index is 0.0147. The van der Waals surface area contributed by atoms with Crippen LogP contribution >= 0.6 is 0 Å². The van der Waals surface area contributed by atoms with E-state index in [1.807, 2.05) is 30.3 Å². The van der Waals surface area contributed by atoms with E-state index in [-0.39, 0.29) is 11.8 Å². The highest BCUT2D eigenvalue weighted by Gasteiger charge is 2.27. The van der Waals surface area contributed by atoms with Gasteiger partial charge in [0.25, 0.3) is 0 Å². The van der Waals surface area contributed by atoms with E-state index in [1.54, 1.807) is 0 Å². The van der Waals surface area contributed by atoms with Crippen LogP contribution in [0.25, 0.3) is 11.4 Å². The van der Waals surface area contributed by atoms with Crippen LogP contribution in [0.1, 0.15) is 37.1 Å². The van der Waals surface area contributed by atoms with Crippen molar-refractivity contribution in [2.75, 3.05) is 31.1 Å². The largest absolute Gasteiger partial charge is 0.372 e.